The summed E-state index contributed by atoms with van der Waals surface area (Å²) in [7, 11) is 0. The Hall–Kier alpha value is -1.99. The fourth-order valence-electron chi connectivity index (χ4n) is 4.20. The summed E-state index contributed by atoms with van der Waals surface area (Å²) in [6.45, 7) is 5.61. The average molecular weight is 413 g/mol. The molecule has 0 aliphatic carbocycles. The Kier molecular flexibility index (Phi) is 3.94. The highest BCUT2D eigenvalue weighted by atomic mass is 79.9. The molecule has 3 aliphatic rings. The van der Waals surface area contributed by atoms with Crippen LogP contribution in [0.3, 0.4) is 0 Å². The van der Waals surface area contributed by atoms with Crippen molar-refractivity contribution in [3.8, 4) is 11.4 Å². The summed E-state index contributed by atoms with van der Waals surface area (Å²) in [5.41, 5.74) is 3.87. The second-order valence-corrected chi connectivity index (χ2v) is 8.25. The van der Waals surface area contributed by atoms with Crippen LogP contribution in [0, 0.1) is 12.8 Å². The Bertz CT molecular complexity index is 960. The maximum atomic E-state index is 4.86. The molecule has 0 aromatic carbocycles. The SMILES string of the molecule is Cc1cnc(N[C@H]2CN3CCC2CC3)nc1-c1cnc2ccc(Br)cn12. The van der Waals surface area contributed by atoms with Crippen molar-refractivity contribution < 1.29 is 0 Å². The number of halogens is 1. The molecular formula is C19H21BrN6. The molecule has 1 N–H and O–H groups in total. The number of imidazole rings is 1. The van der Waals surface area contributed by atoms with Crippen molar-refractivity contribution in [3.63, 3.8) is 0 Å². The van der Waals surface area contributed by atoms with Gasteiger partial charge >= 0.3 is 0 Å². The van der Waals surface area contributed by atoms with Crippen molar-refractivity contribution >= 4 is 27.5 Å². The summed E-state index contributed by atoms with van der Waals surface area (Å²) in [4.78, 5) is 16.4. The number of piperidine rings is 3. The quantitative estimate of drug-likeness (QED) is 0.714. The summed E-state index contributed by atoms with van der Waals surface area (Å²) < 4.78 is 3.08. The van der Waals surface area contributed by atoms with Crippen LogP contribution in [0.25, 0.3) is 17.0 Å². The molecular weight excluding hydrogens is 392 g/mol. The molecule has 0 amide bonds. The summed E-state index contributed by atoms with van der Waals surface area (Å²) in [6, 6.07) is 4.44. The largest absolute Gasteiger partial charge is 0.350 e. The van der Waals surface area contributed by atoms with Crippen LogP contribution in [0.2, 0.25) is 0 Å². The number of anilines is 1. The number of nitrogens with one attached hydrogen (secondary N) is 1. The first-order chi connectivity index (χ1) is 12.7. The van der Waals surface area contributed by atoms with Gasteiger partial charge in [0.05, 0.1) is 17.6 Å². The van der Waals surface area contributed by atoms with E-state index in [1.807, 2.05) is 37.6 Å². The molecule has 3 fully saturated rings. The van der Waals surface area contributed by atoms with E-state index >= 15 is 0 Å². The zero-order chi connectivity index (χ0) is 17.7. The Labute approximate surface area is 160 Å². The molecule has 6 heterocycles. The van der Waals surface area contributed by atoms with Crippen LogP contribution < -0.4 is 5.32 Å². The molecule has 2 bridgehead atoms. The number of pyridine rings is 1. The molecule has 7 heteroatoms. The number of rotatable bonds is 3. The van der Waals surface area contributed by atoms with Crippen molar-refractivity contribution in [2.24, 2.45) is 5.92 Å². The normalized spacial score (nSPS) is 24.9. The van der Waals surface area contributed by atoms with Crippen LogP contribution in [0.5, 0.6) is 0 Å². The smallest absolute Gasteiger partial charge is 0.223 e. The number of aromatic nitrogens is 4. The lowest BCUT2D eigenvalue weighted by molar-refractivity contribution is 0.0972. The maximum absolute atomic E-state index is 4.86. The van der Waals surface area contributed by atoms with Crippen molar-refractivity contribution in [3.05, 3.63) is 40.8 Å². The molecule has 26 heavy (non-hydrogen) atoms. The van der Waals surface area contributed by atoms with Crippen molar-refractivity contribution in [2.45, 2.75) is 25.8 Å². The lowest BCUT2D eigenvalue weighted by atomic mass is 9.84. The first-order valence-corrected chi connectivity index (χ1v) is 9.92. The molecule has 0 unspecified atom stereocenters. The molecule has 6 rings (SSSR count). The van der Waals surface area contributed by atoms with Gasteiger partial charge in [-0.15, -0.1) is 0 Å². The van der Waals surface area contributed by atoms with E-state index in [2.05, 4.69) is 40.5 Å². The van der Waals surface area contributed by atoms with Crippen LogP contribution in [0.15, 0.2) is 35.2 Å². The molecule has 0 saturated carbocycles. The molecule has 3 aliphatic heterocycles. The standard InChI is InChI=1S/C19H21BrN6/c1-12-8-22-19(23-15-11-25-6-4-13(15)5-7-25)24-18(12)16-9-21-17-3-2-14(20)10-26(16)17/h2-3,8-10,13,15H,4-7,11H2,1H3,(H,22,23,24)/t15-/m0/s1. The highest BCUT2D eigenvalue weighted by molar-refractivity contribution is 9.10. The minimum Gasteiger partial charge on any atom is -0.350 e. The first-order valence-electron chi connectivity index (χ1n) is 9.13. The minimum absolute atomic E-state index is 0.449. The molecule has 3 aromatic rings. The van der Waals surface area contributed by atoms with E-state index in [0.29, 0.717) is 12.0 Å². The van der Waals surface area contributed by atoms with Crippen LogP contribution in [-0.4, -0.2) is 49.9 Å². The van der Waals surface area contributed by atoms with Crippen molar-refractivity contribution in [2.75, 3.05) is 25.0 Å². The van der Waals surface area contributed by atoms with Gasteiger partial charge in [0, 0.05) is 29.5 Å². The molecule has 0 radical (unpaired) electrons. The zero-order valence-corrected chi connectivity index (χ0v) is 16.3. The van der Waals surface area contributed by atoms with Gasteiger partial charge in [-0.1, -0.05) is 0 Å². The van der Waals surface area contributed by atoms with Gasteiger partial charge < -0.3 is 10.2 Å². The van der Waals surface area contributed by atoms with E-state index in [4.69, 9.17) is 4.98 Å². The zero-order valence-electron chi connectivity index (χ0n) is 14.7. The van der Waals surface area contributed by atoms with E-state index in [-0.39, 0.29) is 0 Å². The van der Waals surface area contributed by atoms with E-state index in [1.165, 1.54) is 25.9 Å². The van der Waals surface area contributed by atoms with E-state index in [9.17, 15) is 0 Å². The van der Waals surface area contributed by atoms with E-state index in [0.717, 1.165) is 39.5 Å². The lowest BCUT2D eigenvalue weighted by Gasteiger charge is -2.44. The van der Waals surface area contributed by atoms with Gasteiger partial charge in [-0.25, -0.2) is 15.0 Å². The van der Waals surface area contributed by atoms with Crippen LogP contribution >= 0.6 is 15.9 Å². The summed E-state index contributed by atoms with van der Waals surface area (Å²) in [5.74, 6) is 1.45. The molecule has 3 saturated heterocycles. The lowest BCUT2D eigenvalue weighted by Crippen LogP contribution is -2.53. The van der Waals surface area contributed by atoms with Gasteiger partial charge in [0.2, 0.25) is 5.95 Å². The van der Waals surface area contributed by atoms with Gasteiger partial charge in [-0.2, -0.15) is 0 Å². The third kappa shape index (κ3) is 2.79. The predicted octanol–water partition coefficient (Wildman–Crippen LogP) is 3.37. The van der Waals surface area contributed by atoms with Crippen molar-refractivity contribution in [1.82, 2.24) is 24.3 Å². The van der Waals surface area contributed by atoms with E-state index < -0.39 is 0 Å². The Morgan fingerprint density at radius 2 is 2.00 bits per heavy atom. The summed E-state index contributed by atoms with van der Waals surface area (Å²) in [5, 5.41) is 3.60. The number of hydrogen-bond acceptors (Lipinski definition) is 5. The summed E-state index contributed by atoms with van der Waals surface area (Å²) in [6.07, 6.45) is 8.37. The minimum atomic E-state index is 0.449. The van der Waals surface area contributed by atoms with Crippen LogP contribution in [-0.2, 0) is 0 Å². The highest BCUT2D eigenvalue weighted by Gasteiger charge is 2.34. The second-order valence-electron chi connectivity index (χ2n) is 7.33. The van der Waals surface area contributed by atoms with Crippen LogP contribution in [0.1, 0.15) is 18.4 Å². The predicted molar refractivity (Wildman–Crippen MR) is 105 cm³/mol. The Balaban J connectivity index is 1.49. The monoisotopic (exact) mass is 412 g/mol. The van der Waals surface area contributed by atoms with Gasteiger partial charge in [0.1, 0.15) is 5.65 Å². The molecule has 134 valence electrons. The number of hydrogen-bond donors (Lipinski definition) is 1. The second kappa shape index (κ2) is 6.32. The van der Waals surface area contributed by atoms with Gasteiger partial charge in [-0.05, 0) is 72.4 Å². The number of fused-ring (bicyclic) bond motifs is 4. The van der Waals surface area contributed by atoms with Gasteiger partial charge in [0.25, 0.3) is 0 Å². The number of aryl methyl sites for hydroxylation is 1. The van der Waals surface area contributed by atoms with Crippen molar-refractivity contribution in [1.29, 1.82) is 0 Å². The molecule has 6 nitrogen and oxygen atoms in total. The van der Waals surface area contributed by atoms with Crippen LogP contribution in [0.4, 0.5) is 5.95 Å². The first kappa shape index (κ1) is 16.2. The fraction of sp³-hybridized carbons (Fsp3) is 0.421. The average Bonchev–Trinajstić information content (AvgIpc) is 3.07. The topological polar surface area (TPSA) is 58.4 Å². The maximum Gasteiger partial charge on any atom is 0.223 e. The molecule has 1 atom stereocenters. The highest BCUT2D eigenvalue weighted by Crippen LogP contribution is 2.30. The third-order valence-corrected chi connectivity index (χ3v) is 6.12. The number of nitrogens with zero attached hydrogens (tertiary/aromatic N) is 5. The fourth-order valence-corrected chi connectivity index (χ4v) is 4.53. The third-order valence-electron chi connectivity index (χ3n) is 5.65. The molecule has 3 aromatic heterocycles. The Morgan fingerprint density at radius 3 is 2.77 bits per heavy atom. The molecule has 0 spiro atoms. The van der Waals surface area contributed by atoms with Gasteiger partial charge in [-0.3, -0.25) is 4.40 Å². The van der Waals surface area contributed by atoms with Gasteiger partial charge in [0.15, 0.2) is 0 Å². The van der Waals surface area contributed by atoms with E-state index in [1.54, 1.807) is 0 Å². The Morgan fingerprint density at radius 1 is 1.15 bits per heavy atom. The summed E-state index contributed by atoms with van der Waals surface area (Å²) >= 11 is 3.54.